The van der Waals surface area contributed by atoms with Gasteiger partial charge in [-0.3, -0.25) is 0 Å². The molecule has 1 heteroatoms. The van der Waals surface area contributed by atoms with Crippen LogP contribution in [0.5, 0.6) is 0 Å². The van der Waals surface area contributed by atoms with Crippen molar-refractivity contribution in [3.63, 3.8) is 0 Å². The highest BCUT2D eigenvalue weighted by atomic mass is 14.6. The van der Waals surface area contributed by atoms with E-state index in [4.69, 9.17) is 5.73 Å². The van der Waals surface area contributed by atoms with Crippen molar-refractivity contribution in [1.82, 2.24) is 0 Å². The van der Waals surface area contributed by atoms with E-state index in [-0.39, 0.29) is 0 Å². The van der Waals surface area contributed by atoms with Crippen LogP contribution in [0.1, 0.15) is 125 Å². The molecular formula is C35H63N. The number of benzene rings is 1. The van der Waals surface area contributed by atoms with Crippen molar-refractivity contribution >= 4 is 5.57 Å². The van der Waals surface area contributed by atoms with E-state index in [1.165, 1.54) is 65.5 Å². The fourth-order valence-electron chi connectivity index (χ4n) is 4.56. The van der Waals surface area contributed by atoms with Gasteiger partial charge in [0, 0.05) is 0 Å². The molecule has 1 aromatic rings. The molecule has 36 heavy (non-hydrogen) atoms. The lowest BCUT2D eigenvalue weighted by Gasteiger charge is -2.32. The zero-order valence-electron chi connectivity index (χ0n) is 26.8. The second-order valence-electron chi connectivity index (χ2n) is 10.2. The van der Waals surface area contributed by atoms with Crippen LogP contribution in [-0.4, -0.2) is 6.54 Å². The van der Waals surface area contributed by atoms with Crippen LogP contribution in [0.2, 0.25) is 0 Å². The van der Waals surface area contributed by atoms with Gasteiger partial charge in [0.15, 0.2) is 0 Å². The number of rotatable bonds is 6. The molecule has 1 aromatic carbocycles. The van der Waals surface area contributed by atoms with Crippen LogP contribution >= 0.6 is 0 Å². The highest BCUT2D eigenvalue weighted by Crippen LogP contribution is 2.45. The van der Waals surface area contributed by atoms with Gasteiger partial charge in [0.05, 0.1) is 0 Å². The predicted molar refractivity (Wildman–Crippen MR) is 171 cm³/mol. The quantitative estimate of drug-likeness (QED) is 0.307. The zero-order chi connectivity index (χ0) is 29.1. The van der Waals surface area contributed by atoms with Gasteiger partial charge in [0.25, 0.3) is 0 Å². The van der Waals surface area contributed by atoms with Crippen LogP contribution in [0, 0.1) is 25.2 Å². The maximum absolute atomic E-state index is 5.85. The van der Waals surface area contributed by atoms with Crippen LogP contribution in [-0.2, 0) is 0 Å². The van der Waals surface area contributed by atoms with Crippen LogP contribution in [0.15, 0.2) is 60.2 Å². The van der Waals surface area contributed by atoms with E-state index < -0.39 is 0 Å². The minimum Gasteiger partial charge on any atom is -0.330 e. The monoisotopic (exact) mass is 497 g/mol. The molecule has 1 nitrogen and oxygen atoms in total. The van der Waals surface area contributed by atoms with E-state index in [0.717, 1.165) is 23.6 Å². The third kappa shape index (κ3) is 13.4. The van der Waals surface area contributed by atoms with Gasteiger partial charge in [-0.1, -0.05) is 109 Å². The molecule has 1 aliphatic carbocycles. The van der Waals surface area contributed by atoms with Gasteiger partial charge < -0.3 is 5.73 Å². The molecule has 0 bridgehead atoms. The number of hydrogen-bond donors (Lipinski definition) is 1. The van der Waals surface area contributed by atoms with Crippen molar-refractivity contribution in [1.29, 1.82) is 0 Å². The molecule has 2 N–H and O–H groups in total. The SMILES string of the molecule is C=C(C)C.C=C(C)C(=C)C(=C(C)C)c1cccc(C)c1C.CC.CC.CCCC1(CN)CCCC1C. The summed E-state index contributed by atoms with van der Waals surface area (Å²) >= 11 is 0. The first-order valence-electron chi connectivity index (χ1n) is 14.3. The number of allylic oxidation sites excluding steroid dienone is 5. The van der Waals surface area contributed by atoms with Crippen molar-refractivity contribution in [3.8, 4) is 0 Å². The summed E-state index contributed by atoms with van der Waals surface area (Å²) in [6, 6.07) is 6.41. The molecule has 0 aromatic heterocycles. The Balaban J connectivity index is -0.000000491. The summed E-state index contributed by atoms with van der Waals surface area (Å²) in [6.07, 6.45) is 6.81. The Morgan fingerprint density at radius 3 is 1.81 bits per heavy atom. The molecular weight excluding hydrogens is 434 g/mol. The first kappa shape index (κ1) is 38.7. The van der Waals surface area contributed by atoms with Gasteiger partial charge >= 0.3 is 0 Å². The standard InChI is InChI=1S/C17H22.C10H21N.C4H8.2C2H6/c1-11(2)14(6)17(12(3)4)16-10-8-9-13(5)15(16)7;1-3-6-10(8-11)7-4-5-9(10)2;1-4(2)3;2*1-2/h8-10H,1,6H2,2-5,7H3;9H,3-8,11H2,1-2H3;1H2,2-3H3;2*1-2H3. The zero-order valence-corrected chi connectivity index (χ0v) is 26.8. The second kappa shape index (κ2) is 21.2. The van der Waals surface area contributed by atoms with E-state index in [1.807, 2.05) is 48.5 Å². The molecule has 0 heterocycles. The van der Waals surface area contributed by atoms with Crippen LogP contribution in [0.25, 0.3) is 5.57 Å². The van der Waals surface area contributed by atoms with Crippen molar-refractivity contribution in [2.24, 2.45) is 17.1 Å². The molecule has 2 unspecified atom stereocenters. The second-order valence-corrected chi connectivity index (χ2v) is 10.2. The molecule has 1 aliphatic rings. The van der Waals surface area contributed by atoms with Crippen LogP contribution in [0.3, 0.4) is 0 Å². The maximum Gasteiger partial charge on any atom is -0.00180 e. The van der Waals surface area contributed by atoms with Crippen LogP contribution < -0.4 is 5.73 Å². The average molecular weight is 498 g/mol. The Morgan fingerprint density at radius 2 is 1.47 bits per heavy atom. The van der Waals surface area contributed by atoms with Gasteiger partial charge in [0.1, 0.15) is 0 Å². The van der Waals surface area contributed by atoms with E-state index >= 15 is 0 Å². The van der Waals surface area contributed by atoms with Crippen LogP contribution in [0.4, 0.5) is 0 Å². The Labute approximate surface area is 228 Å². The average Bonchev–Trinajstić information content (AvgIpc) is 3.19. The lowest BCUT2D eigenvalue weighted by Crippen LogP contribution is -2.32. The number of nitrogens with two attached hydrogens (primary N) is 1. The van der Waals surface area contributed by atoms with E-state index in [1.54, 1.807) is 0 Å². The summed E-state index contributed by atoms with van der Waals surface area (Å²) in [7, 11) is 0. The highest BCUT2D eigenvalue weighted by molar-refractivity contribution is 5.85. The van der Waals surface area contributed by atoms with Gasteiger partial charge in [0.2, 0.25) is 0 Å². The summed E-state index contributed by atoms with van der Waals surface area (Å²) in [5.41, 5.74) is 16.0. The van der Waals surface area contributed by atoms with Crippen molar-refractivity contribution in [2.75, 3.05) is 6.54 Å². The fourth-order valence-corrected chi connectivity index (χ4v) is 4.56. The largest absolute Gasteiger partial charge is 0.330 e. The summed E-state index contributed by atoms with van der Waals surface area (Å²) in [4.78, 5) is 0. The Kier molecular flexibility index (Phi) is 22.8. The topological polar surface area (TPSA) is 26.0 Å². The Morgan fingerprint density at radius 1 is 0.972 bits per heavy atom. The summed E-state index contributed by atoms with van der Waals surface area (Å²) in [5.74, 6) is 0.868. The van der Waals surface area contributed by atoms with Gasteiger partial charge in [-0.25, -0.2) is 0 Å². The van der Waals surface area contributed by atoms with Crippen molar-refractivity contribution in [3.05, 3.63) is 76.9 Å². The normalized spacial score (nSPS) is 17.3. The molecule has 1 fully saturated rings. The molecule has 0 amide bonds. The molecule has 2 atom stereocenters. The smallest absolute Gasteiger partial charge is 0.00180 e. The minimum atomic E-state index is 0.523. The molecule has 1 saturated carbocycles. The molecule has 0 radical (unpaired) electrons. The Bertz CT molecular complexity index is 800. The fraction of sp³-hybridized carbons (Fsp3) is 0.600. The Hall–Kier alpha value is -1.86. The maximum atomic E-state index is 5.85. The molecule has 0 aliphatic heterocycles. The number of aryl methyl sites for hydroxylation is 1. The molecule has 0 saturated heterocycles. The molecule has 2 rings (SSSR count). The minimum absolute atomic E-state index is 0.523. The first-order valence-corrected chi connectivity index (χ1v) is 14.3. The van der Waals surface area contributed by atoms with Gasteiger partial charge in [-0.2, -0.15) is 0 Å². The summed E-state index contributed by atoms with van der Waals surface area (Å²) in [5, 5.41) is 0. The van der Waals surface area contributed by atoms with Gasteiger partial charge in [-0.15, -0.1) is 6.58 Å². The molecule has 0 spiro atoms. The van der Waals surface area contributed by atoms with E-state index in [9.17, 15) is 0 Å². The van der Waals surface area contributed by atoms with Gasteiger partial charge in [-0.05, 0) is 107 Å². The lowest BCUT2D eigenvalue weighted by atomic mass is 9.75. The molecule has 208 valence electrons. The third-order valence-corrected chi connectivity index (χ3v) is 6.70. The summed E-state index contributed by atoms with van der Waals surface area (Å²) in [6.45, 7) is 39.8. The predicted octanol–water partition coefficient (Wildman–Crippen LogP) is 11.4. The number of hydrogen-bond acceptors (Lipinski definition) is 1. The highest BCUT2D eigenvalue weighted by Gasteiger charge is 2.37. The van der Waals surface area contributed by atoms with Crippen molar-refractivity contribution in [2.45, 2.75) is 122 Å². The van der Waals surface area contributed by atoms with E-state index in [0.29, 0.717) is 5.41 Å². The lowest BCUT2D eigenvalue weighted by molar-refractivity contribution is 0.204. The third-order valence-electron chi connectivity index (χ3n) is 6.70. The summed E-state index contributed by atoms with van der Waals surface area (Å²) < 4.78 is 0. The first-order chi connectivity index (χ1) is 16.8. The van der Waals surface area contributed by atoms with E-state index in [2.05, 4.69) is 79.5 Å². The van der Waals surface area contributed by atoms with Crippen molar-refractivity contribution < 1.29 is 0 Å².